The first-order valence-electron chi connectivity index (χ1n) is 6.02. The third-order valence-electron chi connectivity index (χ3n) is 3.89. The lowest BCUT2D eigenvalue weighted by molar-refractivity contribution is 0.369. The van der Waals surface area contributed by atoms with E-state index in [1.807, 2.05) is 12.1 Å². The van der Waals surface area contributed by atoms with Gasteiger partial charge in [-0.15, -0.1) is 0 Å². The van der Waals surface area contributed by atoms with Crippen molar-refractivity contribution >= 4 is 57.6 Å². The van der Waals surface area contributed by atoms with Crippen molar-refractivity contribution in [3.8, 4) is 0 Å². The van der Waals surface area contributed by atoms with Crippen LogP contribution < -0.4 is 0 Å². The van der Waals surface area contributed by atoms with Crippen molar-refractivity contribution in [3.05, 3.63) is 34.3 Å². The van der Waals surface area contributed by atoms with E-state index in [0.717, 1.165) is 21.6 Å². The Morgan fingerprint density at radius 3 is 2.42 bits per heavy atom. The summed E-state index contributed by atoms with van der Waals surface area (Å²) in [6.07, 6.45) is 0.742. The smallest absolute Gasteiger partial charge is 0.150 e. The van der Waals surface area contributed by atoms with Gasteiger partial charge in [-0.05, 0) is 30.0 Å². The first kappa shape index (κ1) is 16.0. The number of benzene rings is 1. The van der Waals surface area contributed by atoms with E-state index in [-0.39, 0.29) is 17.1 Å². The number of halogens is 3. The molecule has 0 aromatic heterocycles. The second kappa shape index (κ2) is 6.16. The van der Waals surface area contributed by atoms with Crippen LogP contribution in [-0.2, 0) is 15.3 Å². The average Bonchev–Trinajstić information content (AvgIpc) is 2.73. The molecule has 1 unspecified atom stereocenters. The largest absolute Gasteiger partial charge is 0.229 e. The summed E-state index contributed by atoms with van der Waals surface area (Å²) < 4.78 is 24.6. The Morgan fingerprint density at radius 1 is 1.26 bits per heavy atom. The molecule has 1 saturated heterocycles. The minimum Gasteiger partial charge on any atom is -0.229 e. The van der Waals surface area contributed by atoms with Gasteiger partial charge in [0.2, 0.25) is 0 Å². The van der Waals surface area contributed by atoms with Crippen LogP contribution in [0.3, 0.4) is 0 Å². The van der Waals surface area contributed by atoms with E-state index < -0.39 is 9.84 Å². The molecule has 0 N–H and O–H groups in total. The van der Waals surface area contributed by atoms with Crippen molar-refractivity contribution in [2.24, 2.45) is 5.92 Å². The van der Waals surface area contributed by atoms with Gasteiger partial charge in [-0.2, -0.15) is 0 Å². The Balaban J connectivity index is 2.43. The number of rotatable bonds is 4. The molecule has 0 saturated carbocycles. The maximum atomic E-state index is 11.8. The topological polar surface area (TPSA) is 34.1 Å². The molecule has 106 valence electrons. The molecule has 1 fully saturated rings. The lowest BCUT2D eigenvalue weighted by atomic mass is 9.73. The summed E-state index contributed by atoms with van der Waals surface area (Å²) in [6.45, 7) is 0. The quantitative estimate of drug-likeness (QED) is 0.620. The predicted molar refractivity (Wildman–Crippen MR) is 90.2 cm³/mol. The zero-order valence-corrected chi connectivity index (χ0v) is 15.9. The summed E-state index contributed by atoms with van der Waals surface area (Å²) in [5.41, 5.74) is 1.01. The lowest BCUT2D eigenvalue weighted by Crippen LogP contribution is -2.39. The van der Waals surface area contributed by atoms with Crippen LogP contribution in [0.5, 0.6) is 0 Å². The van der Waals surface area contributed by atoms with Gasteiger partial charge in [0, 0.05) is 20.5 Å². The number of hydrogen-bond donors (Lipinski definition) is 0. The maximum Gasteiger partial charge on any atom is 0.150 e. The molecular weight excluding hydrogens is 460 g/mol. The van der Waals surface area contributed by atoms with Crippen molar-refractivity contribution in [2.45, 2.75) is 11.8 Å². The van der Waals surface area contributed by atoms with E-state index in [4.69, 9.17) is 0 Å². The van der Waals surface area contributed by atoms with Gasteiger partial charge in [0.05, 0.1) is 11.5 Å². The van der Waals surface area contributed by atoms with Crippen molar-refractivity contribution in [1.29, 1.82) is 0 Å². The summed E-state index contributed by atoms with van der Waals surface area (Å²) in [5, 5.41) is 1.50. The Labute approximate surface area is 139 Å². The van der Waals surface area contributed by atoms with Gasteiger partial charge in [0.25, 0.3) is 0 Å². The average molecular weight is 475 g/mol. The first-order valence-corrected chi connectivity index (χ1v) is 10.9. The molecule has 6 heteroatoms. The van der Waals surface area contributed by atoms with Gasteiger partial charge in [0.1, 0.15) is 0 Å². The van der Waals surface area contributed by atoms with Crippen LogP contribution in [-0.4, -0.2) is 30.6 Å². The number of hydrogen-bond acceptors (Lipinski definition) is 2. The highest BCUT2D eigenvalue weighted by Crippen LogP contribution is 2.42. The molecule has 0 spiro atoms. The van der Waals surface area contributed by atoms with Crippen LogP contribution in [0.2, 0.25) is 0 Å². The summed E-state index contributed by atoms with van der Waals surface area (Å²) in [4.78, 5) is 0. The molecule has 19 heavy (non-hydrogen) atoms. The molecule has 1 heterocycles. The van der Waals surface area contributed by atoms with E-state index >= 15 is 0 Å². The fraction of sp³-hybridized carbons (Fsp3) is 0.538. The Morgan fingerprint density at radius 2 is 1.95 bits per heavy atom. The molecule has 1 aliphatic heterocycles. The summed E-state index contributed by atoms with van der Waals surface area (Å²) >= 11 is 10.7. The lowest BCUT2D eigenvalue weighted by Gasteiger charge is -2.36. The summed E-state index contributed by atoms with van der Waals surface area (Å²) in [7, 11) is -2.87. The van der Waals surface area contributed by atoms with Crippen LogP contribution >= 0.6 is 47.8 Å². The van der Waals surface area contributed by atoms with Gasteiger partial charge in [0.15, 0.2) is 9.84 Å². The fourth-order valence-corrected chi connectivity index (χ4v) is 7.47. The van der Waals surface area contributed by atoms with E-state index in [1.165, 1.54) is 5.56 Å². The van der Waals surface area contributed by atoms with Crippen LogP contribution in [0.4, 0.5) is 0 Å². The third-order valence-corrected chi connectivity index (χ3v) is 8.15. The van der Waals surface area contributed by atoms with Crippen LogP contribution in [0.15, 0.2) is 28.7 Å². The zero-order chi connectivity index (χ0) is 14.1. The van der Waals surface area contributed by atoms with E-state index in [2.05, 4.69) is 59.9 Å². The molecule has 0 aliphatic carbocycles. The second-order valence-electron chi connectivity index (χ2n) is 5.03. The van der Waals surface area contributed by atoms with E-state index in [0.29, 0.717) is 5.75 Å². The standard InChI is InChI=1S/C13H15Br3O2S/c14-8-13(9-15,10-2-1-3-12(16)6-10)11-4-5-19(17,18)7-11/h1-3,6,11H,4-5,7-9H2. The Hall–Kier alpha value is 0.610. The van der Waals surface area contributed by atoms with Gasteiger partial charge in [-0.1, -0.05) is 59.9 Å². The molecule has 2 rings (SSSR count). The maximum absolute atomic E-state index is 11.8. The molecule has 0 radical (unpaired) electrons. The second-order valence-corrected chi connectivity index (χ2v) is 9.30. The van der Waals surface area contributed by atoms with Crippen LogP contribution in [0.1, 0.15) is 12.0 Å². The monoisotopic (exact) mass is 472 g/mol. The molecule has 0 bridgehead atoms. The highest BCUT2D eigenvalue weighted by atomic mass is 79.9. The Bertz CT molecular complexity index is 553. The molecule has 1 aromatic rings. The highest BCUT2D eigenvalue weighted by Gasteiger charge is 2.44. The van der Waals surface area contributed by atoms with Crippen LogP contribution in [0, 0.1) is 5.92 Å². The van der Waals surface area contributed by atoms with E-state index in [9.17, 15) is 8.42 Å². The SMILES string of the molecule is O=S1(=O)CCC(C(CBr)(CBr)c2cccc(Br)c2)C1. The van der Waals surface area contributed by atoms with E-state index in [1.54, 1.807) is 0 Å². The summed E-state index contributed by atoms with van der Waals surface area (Å²) in [5.74, 6) is 0.759. The first-order chi connectivity index (χ1) is 8.93. The van der Waals surface area contributed by atoms with Gasteiger partial charge < -0.3 is 0 Å². The van der Waals surface area contributed by atoms with Gasteiger partial charge >= 0.3 is 0 Å². The minimum absolute atomic E-state index is 0.158. The van der Waals surface area contributed by atoms with Crippen molar-refractivity contribution in [3.63, 3.8) is 0 Å². The normalized spacial score (nSPS) is 22.6. The molecule has 1 atom stereocenters. The molecular formula is C13H15Br3O2S. The minimum atomic E-state index is -2.87. The van der Waals surface area contributed by atoms with Crippen molar-refractivity contribution < 1.29 is 8.42 Å². The fourth-order valence-electron chi connectivity index (χ4n) is 2.67. The van der Waals surface area contributed by atoms with Gasteiger partial charge in [-0.3, -0.25) is 0 Å². The summed E-state index contributed by atoms with van der Waals surface area (Å²) in [6, 6.07) is 8.16. The molecule has 1 aliphatic rings. The number of alkyl halides is 2. The van der Waals surface area contributed by atoms with Gasteiger partial charge in [-0.25, -0.2) is 8.42 Å². The number of sulfone groups is 1. The predicted octanol–water partition coefficient (Wildman–Crippen LogP) is 3.91. The van der Waals surface area contributed by atoms with Crippen molar-refractivity contribution in [2.75, 3.05) is 22.2 Å². The molecule has 1 aromatic carbocycles. The molecule has 2 nitrogen and oxygen atoms in total. The zero-order valence-electron chi connectivity index (χ0n) is 10.3. The third kappa shape index (κ3) is 3.27. The Kier molecular flexibility index (Phi) is 5.18. The van der Waals surface area contributed by atoms with Crippen molar-refractivity contribution in [1.82, 2.24) is 0 Å². The highest BCUT2D eigenvalue weighted by molar-refractivity contribution is 9.10. The molecule has 0 amide bonds. The van der Waals surface area contributed by atoms with Crippen LogP contribution in [0.25, 0.3) is 0 Å².